The van der Waals surface area contributed by atoms with E-state index in [9.17, 15) is 0 Å². The van der Waals surface area contributed by atoms with Crippen LogP contribution in [-0.2, 0) is 6.42 Å². The minimum Gasteiger partial charge on any atom is -0.381 e. The van der Waals surface area contributed by atoms with E-state index in [1.54, 1.807) is 0 Å². The van der Waals surface area contributed by atoms with Crippen LogP contribution in [0.15, 0.2) is 30.0 Å². The lowest BCUT2D eigenvalue weighted by atomic mass is 9.95. The molecule has 0 saturated carbocycles. The van der Waals surface area contributed by atoms with Gasteiger partial charge in [0.25, 0.3) is 0 Å². The number of rotatable bonds is 1. The first-order chi connectivity index (χ1) is 6.27. The van der Waals surface area contributed by atoms with Gasteiger partial charge in [-0.05, 0) is 30.0 Å². The number of allylic oxidation sites excluding steroid dienone is 1. The number of nitrogens with zero attached hydrogens (tertiary/aromatic N) is 1. The minimum absolute atomic E-state index is 1.17. The van der Waals surface area contributed by atoms with Crippen LogP contribution in [0.5, 0.6) is 0 Å². The molecule has 13 heavy (non-hydrogen) atoms. The van der Waals surface area contributed by atoms with Gasteiger partial charge in [-0.15, -0.1) is 0 Å². The fourth-order valence-corrected chi connectivity index (χ4v) is 1.77. The summed E-state index contributed by atoms with van der Waals surface area (Å²) in [5.74, 6) is 0. The molecule has 1 aromatic carbocycles. The van der Waals surface area contributed by atoms with Crippen molar-refractivity contribution in [3.05, 3.63) is 41.1 Å². The number of fused-ring (bicyclic) bond motifs is 1. The van der Waals surface area contributed by atoms with Crippen molar-refractivity contribution >= 4 is 6.08 Å². The van der Waals surface area contributed by atoms with E-state index in [1.807, 2.05) is 0 Å². The molecule has 68 valence electrons. The molecule has 0 radical (unpaired) electrons. The van der Waals surface area contributed by atoms with Crippen molar-refractivity contribution in [2.45, 2.75) is 12.8 Å². The van der Waals surface area contributed by atoms with Gasteiger partial charge in [-0.1, -0.05) is 24.3 Å². The Morgan fingerprint density at radius 1 is 1.08 bits per heavy atom. The van der Waals surface area contributed by atoms with Crippen molar-refractivity contribution in [1.82, 2.24) is 4.90 Å². The van der Waals surface area contributed by atoms with Crippen LogP contribution in [0.2, 0.25) is 0 Å². The van der Waals surface area contributed by atoms with E-state index < -0.39 is 0 Å². The Morgan fingerprint density at radius 2 is 1.85 bits per heavy atom. The lowest BCUT2D eigenvalue weighted by Crippen LogP contribution is -2.14. The third kappa shape index (κ3) is 1.59. The Bertz CT molecular complexity index is 337. The lowest BCUT2D eigenvalue weighted by molar-refractivity contribution is 0.489. The van der Waals surface area contributed by atoms with Gasteiger partial charge < -0.3 is 4.90 Å². The summed E-state index contributed by atoms with van der Waals surface area (Å²) in [6.45, 7) is 0. The maximum Gasteiger partial charge on any atom is 0.0137 e. The van der Waals surface area contributed by atoms with E-state index in [0.717, 1.165) is 0 Å². The standard InChI is InChI=1S/C12H15N/c1-13(2)12-8-7-10-5-3-4-6-11(10)9-12/h3-6,9H,7-8H2,1-2H3. The van der Waals surface area contributed by atoms with Gasteiger partial charge in [-0.2, -0.15) is 0 Å². The zero-order valence-electron chi connectivity index (χ0n) is 8.25. The second kappa shape index (κ2) is 3.25. The molecule has 0 bridgehead atoms. The molecule has 0 spiro atoms. The molecule has 0 fully saturated rings. The average molecular weight is 173 g/mol. The molecule has 0 amide bonds. The summed E-state index contributed by atoms with van der Waals surface area (Å²) >= 11 is 0. The predicted molar refractivity (Wildman–Crippen MR) is 56.4 cm³/mol. The van der Waals surface area contributed by atoms with Gasteiger partial charge in [0, 0.05) is 19.8 Å². The largest absolute Gasteiger partial charge is 0.381 e. The third-order valence-electron chi connectivity index (χ3n) is 2.60. The van der Waals surface area contributed by atoms with Crippen LogP contribution < -0.4 is 0 Å². The van der Waals surface area contributed by atoms with Crippen LogP contribution in [0.25, 0.3) is 6.08 Å². The van der Waals surface area contributed by atoms with Crippen molar-refractivity contribution in [2.24, 2.45) is 0 Å². The van der Waals surface area contributed by atoms with Crippen LogP contribution in [0.1, 0.15) is 17.5 Å². The monoisotopic (exact) mass is 173 g/mol. The highest BCUT2D eigenvalue weighted by Crippen LogP contribution is 2.24. The van der Waals surface area contributed by atoms with Crippen molar-refractivity contribution in [3.63, 3.8) is 0 Å². The molecule has 1 aliphatic rings. The molecule has 1 aromatic rings. The molecule has 2 rings (SSSR count). The molecule has 0 saturated heterocycles. The van der Waals surface area contributed by atoms with E-state index in [-0.39, 0.29) is 0 Å². The van der Waals surface area contributed by atoms with Crippen LogP contribution in [0.3, 0.4) is 0 Å². The number of benzene rings is 1. The van der Waals surface area contributed by atoms with Crippen LogP contribution in [0, 0.1) is 0 Å². The summed E-state index contributed by atoms with van der Waals surface area (Å²) in [4.78, 5) is 2.20. The Labute approximate surface area is 79.7 Å². The molecule has 0 aromatic heterocycles. The van der Waals surface area contributed by atoms with E-state index in [2.05, 4.69) is 49.3 Å². The molecule has 1 heteroatoms. The summed E-state index contributed by atoms with van der Waals surface area (Å²) in [6, 6.07) is 8.64. The third-order valence-corrected chi connectivity index (χ3v) is 2.60. The topological polar surface area (TPSA) is 3.24 Å². The second-order valence-corrected chi connectivity index (χ2v) is 3.73. The van der Waals surface area contributed by atoms with Crippen molar-refractivity contribution in [2.75, 3.05) is 14.1 Å². The van der Waals surface area contributed by atoms with Gasteiger partial charge in [0.15, 0.2) is 0 Å². The molecular formula is C12H15N. The highest BCUT2D eigenvalue weighted by Gasteiger charge is 2.09. The molecule has 1 nitrogen and oxygen atoms in total. The van der Waals surface area contributed by atoms with E-state index in [0.29, 0.717) is 0 Å². The smallest absolute Gasteiger partial charge is 0.0137 e. The number of hydrogen-bond acceptors (Lipinski definition) is 1. The fourth-order valence-electron chi connectivity index (χ4n) is 1.77. The van der Waals surface area contributed by atoms with Gasteiger partial charge in [-0.25, -0.2) is 0 Å². The molecule has 0 heterocycles. The molecule has 1 aliphatic carbocycles. The quantitative estimate of drug-likeness (QED) is 0.630. The van der Waals surface area contributed by atoms with Crippen molar-refractivity contribution in [3.8, 4) is 0 Å². The zero-order valence-corrected chi connectivity index (χ0v) is 8.25. The number of aryl methyl sites for hydroxylation is 1. The van der Waals surface area contributed by atoms with Gasteiger partial charge in [0.1, 0.15) is 0 Å². The van der Waals surface area contributed by atoms with Crippen LogP contribution in [0.4, 0.5) is 0 Å². The molecule has 0 unspecified atom stereocenters. The Kier molecular flexibility index (Phi) is 2.09. The Balaban J connectivity index is 2.38. The molecular weight excluding hydrogens is 158 g/mol. The molecule has 0 aliphatic heterocycles. The minimum atomic E-state index is 1.17. The summed E-state index contributed by atoms with van der Waals surface area (Å²) in [6.07, 6.45) is 4.64. The SMILES string of the molecule is CN(C)C1=Cc2ccccc2CC1. The summed E-state index contributed by atoms with van der Waals surface area (Å²) in [7, 11) is 4.22. The molecule has 0 N–H and O–H groups in total. The predicted octanol–water partition coefficient (Wildman–Crippen LogP) is 2.54. The van der Waals surface area contributed by atoms with Crippen LogP contribution >= 0.6 is 0 Å². The van der Waals surface area contributed by atoms with Crippen LogP contribution in [-0.4, -0.2) is 19.0 Å². The molecule has 0 atom stereocenters. The summed E-state index contributed by atoms with van der Waals surface area (Å²) in [5, 5.41) is 0. The maximum atomic E-state index is 2.29. The van der Waals surface area contributed by atoms with Gasteiger partial charge >= 0.3 is 0 Å². The average Bonchev–Trinajstić information content (AvgIpc) is 2.17. The lowest BCUT2D eigenvalue weighted by Gasteiger charge is -2.22. The van der Waals surface area contributed by atoms with Gasteiger partial charge in [0.2, 0.25) is 0 Å². The maximum absolute atomic E-state index is 2.29. The summed E-state index contributed by atoms with van der Waals surface area (Å²) in [5.41, 5.74) is 4.30. The zero-order chi connectivity index (χ0) is 9.26. The second-order valence-electron chi connectivity index (χ2n) is 3.73. The summed E-state index contributed by atoms with van der Waals surface area (Å²) < 4.78 is 0. The van der Waals surface area contributed by atoms with Gasteiger partial charge in [0.05, 0.1) is 0 Å². The normalized spacial score (nSPS) is 14.8. The fraction of sp³-hybridized carbons (Fsp3) is 0.333. The first-order valence-corrected chi connectivity index (χ1v) is 4.73. The van der Waals surface area contributed by atoms with Crippen molar-refractivity contribution in [1.29, 1.82) is 0 Å². The Hall–Kier alpha value is -1.24. The first kappa shape index (κ1) is 8.36. The van der Waals surface area contributed by atoms with Crippen molar-refractivity contribution < 1.29 is 0 Å². The van der Waals surface area contributed by atoms with E-state index in [1.165, 1.54) is 29.7 Å². The highest BCUT2D eigenvalue weighted by atomic mass is 15.1. The first-order valence-electron chi connectivity index (χ1n) is 4.73. The van der Waals surface area contributed by atoms with E-state index >= 15 is 0 Å². The number of hydrogen-bond donors (Lipinski definition) is 0. The van der Waals surface area contributed by atoms with Gasteiger partial charge in [-0.3, -0.25) is 0 Å². The highest BCUT2D eigenvalue weighted by molar-refractivity contribution is 5.58. The van der Waals surface area contributed by atoms with E-state index in [4.69, 9.17) is 0 Å². The Morgan fingerprint density at radius 3 is 2.62 bits per heavy atom.